The summed E-state index contributed by atoms with van der Waals surface area (Å²) in [4.78, 5) is 2.59. The van der Waals surface area contributed by atoms with E-state index in [0.717, 1.165) is 56.3 Å². The van der Waals surface area contributed by atoms with E-state index in [1.807, 2.05) is 40.8 Å². The molecule has 0 radical (unpaired) electrons. The Bertz CT molecular complexity index is 861. The molecule has 1 saturated heterocycles. The Hall–Kier alpha value is -1.00. The monoisotopic (exact) mass is 535 g/mol. The fourth-order valence-corrected chi connectivity index (χ4v) is 5.76. The van der Waals surface area contributed by atoms with Crippen LogP contribution in [0.25, 0.3) is 10.9 Å². The van der Waals surface area contributed by atoms with Gasteiger partial charge >= 0.3 is 6.18 Å². The van der Waals surface area contributed by atoms with Crippen molar-refractivity contribution in [1.29, 1.82) is 0 Å². The lowest BCUT2D eigenvalue weighted by Crippen LogP contribution is -2.47. The highest BCUT2D eigenvalue weighted by atomic mass is 127. The molecule has 1 saturated carbocycles. The maximum Gasteiger partial charge on any atom is 0.406 e. The SMILES string of the molecule is COC1CCCN(C2CCC(Nc3cccc4c3cc(I)n4CC(F)(F)F)CC2)C1. The number of aromatic nitrogens is 1. The molecule has 2 heterocycles. The Morgan fingerprint density at radius 2 is 1.93 bits per heavy atom. The molecule has 0 amide bonds. The topological polar surface area (TPSA) is 29.4 Å². The Morgan fingerprint density at radius 3 is 2.63 bits per heavy atom. The smallest absolute Gasteiger partial charge is 0.382 e. The minimum atomic E-state index is -4.23. The minimum Gasteiger partial charge on any atom is -0.382 e. The van der Waals surface area contributed by atoms with E-state index in [1.54, 1.807) is 13.2 Å². The van der Waals surface area contributed by atoms with Crippen molar-refractivity contribution in [1.82, 2.24) is 9.47 Å². The molecule has 1 N–H and O–H groups in total. The molecule has 1 aromatic carbocycles. The van der Waals surface area contributed by atoms with Crippen LogP contribution >= 0.6 is 22.6 Å². The van der Waals surface area contributed by atoms with Crippen LogP contribution < -0.4 is 5.32 Å². The predicted octanol–water partition coefficient (Wildman–Crippen LogP) is 5.64. The third kappa shape index (κ3) is 5.07. The van der Waals surface area contributed by atoms with Crippen LogP contribution in [-0.4, -0.2) is 54.0 Å². The van der Waals surface area contributed by atoms with Crippen molar-refractivity contribution in [3.63, 3.8) is 0 Å². The number of halogens is 4. The lowest BCUT2D eigenvalue weighted by atomic mass is 9.88. The molecule has 4 rings (SSSR count). The van der Waals surface area contributed by atoms with Gasteiger partial charge in [-0.25, -0.2) is 0 Å². The third-order valence-corrected chi connectivity index (χ3v) is 7.44. The van der Waals surface area contributed by atoms with Crippen molar-refractivity contribution in [2.75, 3.05) is 25.5 Å². The van der Waals surface area contributed by atoms with Gasteiger partial charge in [-0.1, -0.05) is 6.07 Å². The number of rotatable bonds is 5. The maximum absolute atomic E-state index is 13.0. The summed E-state index contributed by atoms with van der Waals surface area (Å²) >= 11 is 1.99. The van der Waals surface area contributed by atoms with Gasteiger partial charge in [-0.2, -0.15) is 13.2 Å². The second-order valence-electron chi connectivity index (χ2n) is 8.55. The highest BCUT2D eigenvalue weighted by Gasteiger charge is 2.31. The quantitative estimate of drug-likeness (QED) is 0.503. The molecule has 2 aliphatic rings. The number of methoxy groups -OCH3 is 1. The van der Waals surface area contributed by atoms with Crippen molar-refractivity contribution in [2.45, 2.75) is 69.4 Å². The number of piperidine rings is 1. The lowest BCUT2D eigenvalue weighted by molar-refractivity contribution is -0.140. The largest absolute Gasteiger partial charge is 0.406 e. The van der Waals surface area contributed by atoms with Crippen molar-refractivity contribution in [3.05, 3.63) is 28.0 Å². The summed E-state index contributed by atoms with van der Waals surface area (Å²) in [6.45, 7) is 1.23. The lowest BCUT2D eigenvalue weighted by Gasteiger charge is -2.41. The summed E-state index contributed by atoms with van der Waals surface area (Å²) in [5, 5.41) is 4.50. The van der Waals surface area contributed by atoms with Gasteiger partial charge in [0.2, 0.25) is 0 Å². The third-order valence-electron chi connectivity index (χ3n) is 6.55. The first-order valence-electron chi connectivity index (χ1n) is 10.7. The van der Waals surface area contributed by atoms with Crippen LogP contribution in [0.2, 0.25) is 0 Å². The average Bonchev–Trinajstić information content (AvgIpc) is 3.03. The van der Waals surface area contributed by atoms with Crippen LogP contribution in [0.1, 0.15) is 38.5 Å². The zero-order valence-corrected chi connectivity index (χ0v) is 19.4. The van der Waals surface area contributed by atoms with Crippen LogP contribution in [-0.2, 0) is 11.3 Å². The Labute approximate surface area is 189 Å². The fraction of sp³-hybridized carbons (Fsp3) is 0.636. The first-order chi connectivity index (χ1) is 14.3. The maximum atomic E-state index is 13.0. The van der Waals surface area contributed by atoms with Gasteiger partial charge < -0.3 is 14.6 Å². The van der Waals surface area contributed by atoms with Crippen LogP contribution in [0.15, 0.2) is 24.3 Å². The molecular weight excluding hydrogens is 506 g/mol. The summed E-state index contributed by atoms with van der Waals surface area (Å²) in [7, 11) is 1.80. The summed E-state index contributed by atoms with van der Waals surface area (Å²) in [6, 6.07) is 8.43. The van der Waals surface area contributed by atoms with Crippen LogP contribution in [0.3, 0.4) is 0 Å². The Morgan fingerprint density at radius 1 is 1.17 bits per heavy atom. The van der Waals surface area contributed by atoms with Crippen molar-refractivity contribution in [2.24, 2.45) is 0 Å². The number of likely N-dealkylation sites (tertiary alicyclic amines) is 1. The van der Waals surface area contributed by atoms with E-state index in [1.165, 1.54) is 11.0 Å². The zero-order chi connectivity index (χ0) is 21.3. The fourth-order valence-electron chi connectivity index (χ4n) is 5.01. The number of ether oxygens (including phenoxy) is 1. The number of hydrogen-bond donors (Lipinski definition) is 1. The summed E-state index contributed by atoms with van der Waals surface area (Å²) < 4.78 is 46.5. The highest BCUT2D eigenvalue weighted by molar-refractivity contribution is 14.1. The number of hydrogen-bond acceptors (Lipinski definition) is 3. The van der Waals surface area contributed by atoms with E-state index in [9.17, 15) is 13.2 Å². The molecule has 166 valence electrons. The van der Waals surface area contributed by atoms with Crippen molar-refractivity contribution >= 4 is 39.2 Å². The van der Waals surface area contributed by atoms with Crippen LogP contribution in [0.4, 0.5) is 18.9 Å². The highest BCUT2D eigenvalue weighted by Crippen LogP contribution is 2.33. The van der Waals surface area contributed by atoms with Gasteiger partial charge in [-0.15, -0.1) is 0 Å². The molecule has 1 unspecified atom stereocenters. The summed E-state index contributed by atoms with van der Waals surface area (Å²) in [5.74, 6) is 0. The standard InChI is InChI=1S/C22H29F3IN3O/c1-30-17-4-3-11-28(13-17)16-9-7-15(8-10-16)27-19-5-2-6-20-18(19)12-21(26)29(20)14-22(23,24)25/h2,5-6,12,15-17,27H,3-4,7-11,13-14H2,1H3. The van der Waals surface area contributed by atoms with E-state index >= 15 is 0 Å². The van der Waals surface area contributed by atoms with E-state index < -0.39 is 12.7 Å². The van der Waals surface area contributed by atoms with Gasteiger partial charge in [-0.3, -0.25) is 4.90 Å². The molecule has 2 fully saturated rings. The number of anilines is 1. The zero-order valence-electron chi connectivity index (χ0n) is 17.2. The molecule has 1 atom stereocenters. The van der Waals surface area contributed by atoms with Crippen molar-refractivity contribution in [3.8, 4) is 0 Å². The molecule has 0 spiro atoms. The summed E-state index contributed by atoms with van der Waals surface area (Å²) in [6.07, 6.45) is 2.94. The molecule has 0 bridgehead atoms. The number of nitrogens with one attached hydrogen (secondary N) is 1. The molecule has 1 aliphatic carbocycles. The van der Waals surface area contributed by atoms with Gasteiger partial charge in [0, 0.05) is 36.8 Å². The van der Waals surface area contributed by atoms with E-state index in [0.29, 0.717) is 27.4 Å². The van der Waals surface area contributed by atoms with Gasteiger partial charge in [-0.05, 0) is 85.9 Å². The second-order valence-corrected chi connectivity index (χ2v) is 9.66. The molecule has 2 aromatic rings. The first-order valence-corrected chi connectivity index (χ1v) is 11.8. The Balaban J connectivity index is 1.41. The van der Waals surface area contributed by atoms with E-state index in [2.05, 4.69) is 10.2 Å². The number of nitrogens with zero attached hydrogens (tertiary/aromatic N) is 2. The molecule has 8 heteroatoms. The van der Waals surface area contributed by atoms with Gasteiger partial charge in [0.25, 0.3) is 0 Å². The van der Waals surface area contributed by atoms with E-state index in [-0.39, 0.29) is 0 Å². The number of fused-ring (bicyclic) bond motifs is 1. The average molecular weight is 535 g/mol. The number of alkyl halides is 3. The number of benzene rings is 1. The predicted molar refractivity (Wildman–Crippen MR) is 122 cm³/mol. The van der Waals surface area contributed by atoms with Gasteiger partial charge in [0.1, 0.15) is 6.54 Å². The molecule has 1 aromatic heterocycles. The first kappa shape index (κ1) is 22.2. The van der Waals surface area contributed by atoms with Crippen LogP contribution in [0.5, 0.6) is 0 Å². The Kier molecular flexibility index (Phi) is 6.84. The summed E-state index contributed by atoms with van der Waals surface area (Å²) in [5.41, 5.74) is 1.57. The second kappa shape index (κ2) is 9.24. The normalized spacial score (nSPS) is 26.2. The van der Waals surface area contributed by atoms with Crippen molar-refractivity contribution < 1.29 is 17.9 Å². The van der Waals surface area contributed by atoms with Crippen LogP contribution in [0, 0.1) is 3.70 Å². The molecule has 30 heavy (non-hydrogen) atoms. The molecular formula is C22H29F3IN3O. The minimum absolute atomic E-state index is 0.357. The molecule has 4 nitrogen and oxygen atoms in total. The van der Waals surface area contributed by atoms with E-state index in [4.69, 9.17) is 4.74 Å². The van der Waals surface area contributed by atoms with Gasteiger partial charge in [0.15, 0.2) is 0 Å². The molecule has 1 aliphatic heterocycles. The van der Waals surface area contributed by atoms with Gasteiger partial charge in [0.05, 0.1) is 15.3 Å².